The molecule has 0 aliphatic rings. The first-order valence-corrected chi connectivity index (χ1v) is 8.39. The number of pyridine rings is 1. The molecule has 0 aliphatic carbocycles. The SMILES string of the molecule is c1ccc([N+](c2ccccc2)(c2ccccc2)c2cccnc2)cc1. The monoisotopic (exact) mass is 323 g/mol. The lowest BCUT2D eigenvalue weighted by atomic mass is 10.1. The Kier molecular flexibility index (Phi) is 4.11. The van der Waals surface area contributed by atoms with Gasteiger partial charge >= 0.3 is 0 Å². The van der Waals surface area contributed by atoms with Crippen LogP contribution in [0.4, 0.5) is 22.7 Å². The van der Waals surface area contributed by atoms with Gasteiger partial charge in [-0.25, -0.2) is 0 Å². The number of hydrogen-bond donors (Lipinski definition) is 0. The molecule has 0 amide bonds. The fourth-order valence-electron chi connectivity index (χ4n) is 3.40. The number of nitrogens with zero attached hydrogens (tertiary/aromatic N) is 2. The van der Waals surface area contributed by atoms with Gasteiger partial charge in [-0.1, -0.05) is 54.6 Å². The van der Waals surface area contributed by atoms with Gasteiger partial charge in [0, 0.05) is 48.7 Å². The van der Waals surface area contributed by atoms with E-state index in [-0.39, 0.29) is 0 Å². The Balaban J connectivity index is 2.13. The van der Waals surface area contributed by atoms with Crippen LogP contribution in [0.2, 0.25) is 0 Å². The molecule has 0 fully saturated rings. The normalized spacial score (nSPS) is 11.2. The minimum Gasteiger partial charge on any atom is -0.258 e. The minimum absolute atomic E-state index is 0.496. The molecule has 0 unspecified atom stereocenters. The number of para-hydroxylation sites is 3. The Morgan fingerprint density at radius 2 is 0.840 bits per heavy atom. The molecule has 25 heavy (non-hydrogen) atoms. The minimum atomic E-state index is 0.496. The van der Waals surface area contributed by atoms with Gasteiger partial charge in [-0.3, -0.25) is 4.98 Å². The second-order valence-electron chi connectivity index (χ2n) is 5.89. The van der Waals surface area contributed by atoms with Crippen LogP contribution in [0.25, 0.3) is 0 Å². The first kappa shape index (κ1) is 15.3. The summed E-state index contributed by atoms with van der Waals surface area (Å²) in [5.74, 6) is 0. The van der Waals surface area contributed by atoms with Crippen molar-refractivity contribution in [2.24, 2.45) is 0 Å². The third-order valence-corrected chi connectivity index (χ3v) is 4.46. The van der Waals surface area contributed by atoms with Crippen LogP contribution in [0.3, 0.4) is 0 Å². The van der Waals surface area contributed by atoms with E-state index < -0.39 is 0 Å². The third kappa shape index (κ3) is 2.63. The highest BCUT2D eigenvalue weighted by molar-refractivity contribution is 5.80. The second kappa shape index (κ2) is 6.71. The van der Waals surface area contributed by atoms with Crippen molar-refractivity contribution in [3.63, 3.8) is 0 Å². The standard InChI is InChI=1S/C23H19N2/c1-4-11-20(12-5-1)25(21-13-6-2-7-14-21,22-15-8-3-9-16-22)23-17-10-18-24-19-23/h1-19H/q+1. The Labute approximate surface area is 148 Å². The highest BCUT2D eigenvalue weighted by Crippen LogP contribution is 2.50. The molecule has 2 heteroatoms. The molecule has 0 saturated heterocycles. The summed E-state index contributed by atoms with van der Waals surface area (Å²) in [4.78, 5) is 4.41. The largest absolute Gasteiger partial charge is 0.258 e. The van der Waals surface area contributed by atoms with Gasteiger partial charge in [-0.05, 0) is 6.07 Å². The topological polar surface area (TPSA) is 12.9 Å². The first-order valence-electron chi connectivity index (χ1n) is 8.39. The maximum absolute atomic E-state index is 4.41. The lowest BCUT2D eigenvalue weighted by Crippen LogP contribution is -2.33. The van der Waals surface area contributed by atoms with Gasteiger partial charge < -0.3 is 0 Å². The Hall–Kier alpha value is -3.23. The predicted molar refractivity (Wildman–Crippen MR) is 104 cm³/mol. The van der Waals surface area contributed by atoms with Crippen LogP contribution < -0.4 is 4.48 Å². The molecule has 0 aliphatic heterocycles. The van der Waals surface area contributed by atoms with Crippen molar-refractivity contribution in [1.82, 2.24) is 9.47 Å². The van der Waals surface area contributed by atoms with E-state index >= 15 is 0 Å². The maximum Gasteiger partial charge on any atom is 0.166 e. The van der Waals surface area contributed by atoms with E-state index in [4.69, 9.17) is 0 Å². The quantitative estimate of drug-likeness (QED) is 0.397. The van der Waals surface area contributed by atoms with E-state index in [0.717, 1.165) is 5.69 Å². The number of rotatable bonds is 4. The summed E-state index contributed by atoms with van der Waals surface area (Å²) in [5, 5.41) is 0. The molecule has 120 valence electrons. The zero-order chi connectivity index (χ0) is 17.0. The predicted octanol–water partition coefficient (Wildman–Crippen LogP) is 6.38. The molecular weight excluding hydrogens is 304 g/mol. The molecule has 0 bridgehead atoms. The third-order valence-electron chi connectivity index (χ3n) is 4.46. The number of quaternary nitrogens is 1. The van der Waals surface area contributed by atoms with Crippen LogP contribution in [0.1, 0.15) is 0 Å². The molecule has 2 nitrogen and oxygen atoms in total. The molecule has 4 rings (SSSR count). The summed E-state index contributed by atoms with van der Waals surface area (Å²) in [5.41, 5.74) is 4.62. The highest BCUT2D eigenvalue weighted by Gasteiger charge is 2.38. The summed E-state index contributed by atoms with van der Waals surface area (Å²) in [6.07, 6.45) is 3.77. The van der Waals surface area contributed by atoms with Gasteiger partial charge in [0.05, 0.1) is 6.20 Å². The Bertz CT molecular complexity index is 757. The fraction of sp³-hybridized carbons (Fsp3) is 0. The van der Waals surface area contributed by atoms with Crippen LogP contribution in [0.15, 0.2) is 116 Å². The van der Waals surface area contributed by atoms with E-state index in [1.165, 1.54) is 17.1 Å². The summed E-state index contributed by atoms with van der Waals surface area (Å²) in [6, 6.07) is 35.9. The van der Waals surface area contributed by atoms with Crippen molar-refractivity contribution in [3.05, 3.63) is 116 Å². The lowest BCUT2D eigenvalue weighted by molar-refractivity contribution is 0.700. The first-order chi connectivity index (χ1) is 12.4. The molecule has 0 saturated carbocycles. The van der Waals surface area contributed by atoms with Crippen molar-refractivity contribution in [2.75, 3.05) is 0 Å². The summed E-state index contributed by atoms with van der Waals surface area (Å²) >= 11 is 0. The lowest BCUT2D eigenvalue weighted by Gasteiger charge is -2.36. The van der Waals surface area contributed by atoms with Gasteiger partial charge in [-0.15, -0.1) is 0 Å². The zero-order valence-electron chi connectivity index (χ0n) is 13.9. The van der Waals surface area contributed by atoms with E-state index in [1.807, 2.05) is 18.5 Å². The molecule has 0 atom stereocenters. The van der Waals surface area contributed by atoms with Crippen molar-refractivity contribution in [1.29, 1.82) is 0 Å². The van der Waals surface area contributed by atoms with E-state index in [9.17, 15) is 0 Å². The van der Waals surface area contributed by atoms with Crippen molar-refractivity contribution in [2.45, 2.75) is 0 Å². The molecule has 4 aromatic rings. The van der Waals surface area contributed by atoms with Gasteiger partial charge in [0.2, 0.25) is 0 Å². The smallest absolute Gasteiger partial charge is 0.166 e. The summed E-state index contributed by atoms with van der Waals surface area (Å²) < 4.78 is 0.496. The molecule has 1 aromatic heterocycles. The summed E-state index contributed by atoms with van der Waals surface area (Å²) in [7, 11) is 0. The van der Waals surface area contributed by atoms with Crippen molar-refractivity contribution < 1.29 is 0 Å². The van der Waals surface area contributed by atoms with Gasteiger partial charge in [0.25, 0.3) is 0 Å². The highest BCUT2D eigenvalue weighted by atomic mass is 15.4. The van der Waals surface area contributed by atoms with Crippen LogP contribution in [0.5, 0.6) is 0 Å². The van der Waals surface area contributed by atoms with Crippen LogP contribution >= 0.6 is 0 Å². The molecule has 0 N–H and O–H groups in total. The Morgan fingerprint density at radius 1 is 0.440 bits per heavy atom. The number of aromatic nitrogens is 1. The van der Waals surface area contributed by atoms with Gasteiger partial charge in [0.1, 0.15) is 17.1 Å². The van der Waals surface area contributed by atoms with Crippen molar-refractivity contribution in [3.8, 4) is 0 Å². The maximum atomic E-state index is 4.41. The molecule has 0 radical (unpaired) electrons. The fourth-order valence-corrected chi connectivity index (χ4v) is 3.40. The van der Waals surface area contributed by atoms with Gasteiger partial charge in [-0.2, -0.15) is 4.48 Å². The molecule has 1 heterocycles. The molecule has 0 spiro atoms. The van der Waals surface area contributed by atoms with Crippen molar-refractivity contribution >= 4 is 22.7 Å². The summed E-state index contributed by atoms with van der Waals surface area (Å²) in [6.45, 7) is 0. The van der Waals surface area contributed by atoms with E-state index in [1.54, 1.807) is 0 Å². The molecular formula is C23H19N2+. The van der Waals surface area contributed by atoms with Crippen LogP contribution in [0, 0.1) is 0 Å². The van der Waals surface area contributed by atoms with E-state index in [2.05, 4.69) is 102 Å². The molecule has 3 aromatic carbocycles. The average molecular weight is 323 g/mol. The van der Waals surface area contributed by atoms with E-state index in [0.29, 0.717) is 4.48 Å². The average Bonchev–Trinajstić information content (AvgIpc) is 2.72. The van der Waals surface area contributed by atoms with Crippen LogP contribution in [-0.2, 0) is 0 Å². The zero-order valence-corrected chi connectivity index (χ0v) is 13.9. The Morgan fingerprint density at radius 3 is 1.20 bits per heavy atom. The van der Waals surface area contributed by atoms with Crippen LogP contribution in [-0.4, -0.2) is 4.98 Å². The number of benzene rings is 3. The number of hydrogen-bond acceptors (Lipinski definition) is 1. The second-order valence-corrected chi connectivity index (χ2v) is 5.89. The van der Waals surface area contributed by atoms with Gasteiger partial charge in [0.15, 0.2) is 5.69 Å².